The smallest absolute Gasteiger partial charge is 0.149 e. The molecular weight excluding hydrogens is 306 g/mol. The average molecular weight is 324 g/mol. The van der Waals surface area contributed by atoms with E-state index in [1.54, 1.807) is 13.2 Å². The van der Waals surface area contributed by atoms with Crippen LogP contribution in [0.25, 0.3) is 0 Å². The number of rotatable bonds is 5. The Bertz CT molecular complexity index is 482. The summed E-state index contributed by atoms with van der Waals surface area (Å²) in [4.78, 5) is 0. The minimum absolute atomic E-state index is 0.0561. The third-order valence-electron chi connectivity index (χ3n) is 2.42. The first-order valence-electron chi connectivity index (χ1n) is 5.34. The van der Waals surface area contributed by atoms with Crippen LogP contribution in [-0.2, 0) is 9.84 Å². The molecule has 0 radical (unpaired) electrons. The standard InChI is InChI=1S/C10H18BrN3O2S/c1-7(2)14-10(8(11)5-13-14)9(12-3)6-17(4,15)16/h5,7,9,12H,6H2,1-4H3. The third kappa shape index (κ3) is 3.79. The molecule has 0 aliphatic carbocycles. The van der Waals surface area contributed by atoms with Crippen molar-refractivity contribution in [2.24, 2.45) is 0 Å². The number of halogens is 1. The molecule has 98 valence electrons. The van der Waals surface area contributed by atoms with Crippen LogP contribution in [0.5, 0.6) is 0 Å². The van der Waals surface area contributed by atoms with Crippen LogP contribution in [0.4, 0.5) is 0 Å². The maximum absolute atomic E-state index is 11.4. The summed E-state index contributed by atoms with van der Waals surface area (Å²) >= 11 is 3.42. The third-order valence-corrected chi connectivity index (χ3v) is 3.97. The van der Waals surface area contributed by atoms with Crippen LogP contribution in [0.3, 0.4) is 0 Å². The van der Waals surface area contributed by atoms with Crippen molar-refractivity contribution in [2.45, 2.75) is 25.9 Å². The van der Waals surface area contributed by atoms with Gasteiger partial charge in [-0.3, -0.25) is 4.68 Å². The molecule has 1 rings (SSSR count). The molecule has 1 N–H and O–H groups in total. The van der Waals surface area contributed by atoms with Gasteiger partial charge in [-0.25, -0.2) is 8.42 Å². The van der Waals surface area contributed by atoms with Gasteiger partial charge in [0.05, 0.1) is 28.2 Å². The highest BCUT2D eigenvalue weighted by Crippen LogP contribution is 2.26. The molecule has 0 amide bonds. The second-order valence-corrected chi connectivity index (χ2v) is 7.39. The molecule has 0 spiro atoms. The van der Waals surface area contributed by atoms with Crippen LogP contribution in [0.15, 0.2) is 10.7 Å². The number of nitrogens with zero attached hydrogens (tertiary/aromatic N) is 2. The number of hydrogen-bond donors (Lipinski definition) is 1. The zero-order valence-electron chi connectivity index (χ0n) is 10.4. The summed E-state index contributed by atoms with van der Waals surface area (Å²) in [5.41, 5.74) is 0.868. The van der Waals surface area contributed by atoms with Crippen molar-refractivity contribution >= 4 is 25.8 Å². The van der Waals surface area contributed by atoms with E-state index in [-0.39, 0.29) is 17.8 Å². The van der Waals surface area contributed by atoms with Crippen LogP contribution in [0.1, 0.15) is 31.6 Å². The van der Waals surface area contributed by atoms with Crippen molar-refractivity contribution in [1.82, 2.24) is 15.1 Å². The first-order valence-corrected chi connectivity index (χ1v) is 8.19. The topological polar surface area (TPSA) is 64.0 Å². The fourth-order valence-corrected chi connectivity index (χ4v) is 3.17. The lowest BCUT2D eigenvalue weighted by atomic mass is 10.2. The number of sulfone groups is 1. The summed E-state index contributed by atoms with van der Waals surface area (Å²) in [6, 6.07) is -0.0732. The Labute approximate surface area is 111 Å². The van der Waals surface area contributed by atoms with Gasteiger partial charge in [0.15, 0.2) is 0 Å². The first kappa shape index (κ1) is 14.7. The van der Waals surface area contributed by atoms with E-state index in [9.17, 15) is 8.42 Å². The Morgan fingerprint density at radius 2 is 2.12 bits per heavy atom. The molecule has 0 bridgehead atoms. The van der Waals surface area contributed by atoms with Gasteiger partial charge in [0, 0.05) is 12.3 Å². The maximum atomic E-state index is 11.4. The monoisotopic (exact) mass is 323 g/mol. The molecule has 1 atom stereocenters. The van der Waals surface area contributed by atoms with Gasteiger partial charge in [0.2, 0.25) is 0 Å². The van der Waals surface area contributed by atoms with Gasteiger partial charge in [0.25, 0.3) is 0 Å². The van der Waals surface area contributed by atoms with Crippen molar-refractivity contribution in [2.75, 3.05) is 19.1 Å². The molecule has 1 aromatic heterocycles. The molecule has 1 unspecified atom stereocenters. The van der Waals surface area contributed by atoms with Crippen LogP contribution >= 0.6 is 15.9 Å². The molecule has 1 aromatic rings. The van der Waals surface area contributed by atoms with E-state index in [1.807, 2.05) is 18.5 Å². The summed E-state index contributed by atoms with van der Waals surface area (Å²) in [6.45, 7) is 4.02. The summed E-state index contributed by atoms with van der Waals surface area (Å²) in [5, 5.41) is 7.28. The Kier molecular flexibility index (Phi) is 4.74. The Morgan fingerprint density at radius 1 is 1.53 bits per heavy atom. The van der Waals surface area contributed by atoms with E-state index in [0.29, 0.717) is 0 Å². The fourth-order valence-electron chi connectivity index (χ4n) is 1.69. The van der Waals surface area contributed by atoms with E-state index >= 15 is 0 Å². The summed E-state index contributed by atoms with van der Waals surface area (Å²) in [5.74, 6) is 0.0561. The predicted octanol–water partition coefficient (Wildman–Crippen LogP) is 1.53. The van der Waals surface area contributed by atoms with Crippen molar-refractivity contribution in [3.8, 4) is 0 Å². The second kappa shape index (κ2) is 5.49. The molecule has 0 aliphatic rings. The van der Waals surface area contributed by atoms with Gasteiger partial charge in [-0.15, -0.1) is 0 Å². The fraction of sp³-hybridized carbons (Fsp3) is 0.700. The van der Waals surface area contributed by atoms with Gasteiger partial charge in [-0.1, -0.05) is 0 Å². The van der Waals surface area contributed by atoms with Gasteiger partial charge >= 0.3 is 0 Å². The lowest BCUT2D eigenvalue weighted by Crippen LogP contribution is -2.28. The Morgan fingerprint density at radius 3 is 2.53 bits per heavy atom. The minimum atomic E-state index is -3.05. The highest BCUT2D eigenvalue weighted by atomic mass is 79.9. The normalized spacial score (nSPS) is 14.2. The molecular formula is C10H18BrN3O2S. The summed E-state index contributed by atoms with van der Waals surface area (Å²) < 4.78 is 25.5. The zero-order valence-corrected chi connectivity index (χ0v) is 12.8. The van der Waals surface area contributed by atoms with E-state index < -0.39 is 9.84 Å². The van der Waals surface area contributed by atoms with Crippen molar-refractivity contribution in [1.29, 1.82) is 0 Å². The summed E-state index contributed by atoms with van der Waals surface area (Å²) in [6.07, 6.45) is 2.93. The highest BCUT2D eigenvalue weighted by Gasteiger charge is 2.23. The van der Waals surface area contributed by atoms with Gasteiger partial charge in [-0.2, -0.15) is 5.10 Å². The van der Waals surface area contributed by atoms with Crippen molar-refractivity contribution in [3.05, 3.63) is 16.4 Å². The van der Waals surface area contributed by atoms with E-state index in [1.165, 1.54) is 6.26 Å². The molecule has 5 nitrogen and oxygen atoms in total. The van der Waals surface area contributed by atoms with Gasteiger partial charge < -0.3 is 5.32 Å². The first-order chi connectivity index (χ1) is 7.76. The van der Waals surface area contributed by atoms with Crippen molar-refractivity contribution in [3.63, 3.8) is 0 Å². The number of nitrogens with one attached hydrogen (secondary N) is 1. The lowest BCUT2D eigenvalue weighted by Gasteiger charge is -2.19. The van der Waals surface area contributed by atoms with E-state index in [4.69, 9.17) is 0 Å². The van der Waals surface area contributed by atoms with Gasteiger partial charge in [-0.05, 0) is 36.8 Å². The largest absolute Gasteiger partial charge is 0.311 e. The summed E-state index contributed by atoms with van der Waals surface area (Å²) in [7, 11) is -1.30. The Balaban J connectivity index is 3.15. The SMILES string of the molecule is CNC(CS(C)(=O)=O)c1c(Br)cnn1C(C)C. The van der Waals surface area contributed by atoms with E-state index in [2.05, 4.69) is 26.3 Å². The zero-order chi connectivity index (χ0) is 13.2. The quantitative estimate of drug-likeness (QED) is 0.892. The van der Waals surface area contributed by atoms with Crippen LogP contribution < -0.4 is 5.32 Å². The van der Waals surface area contributed by atoms with Gasteiger partial charge in [0.1, 0.15) is 9.84 Å². The molecule has 0 aliphatic heterocycles. The van der Waals surface area contributed by atoms with Crippen molar-refractivity contribution < 1.29 is 8.42 Å². The van der Waals surface area contributed by atoms with Crippen LogP contribution in [0, 0.1) is 0 Å². The second-order valence-electron chi connectivity index (χ2n) is 4.35. The maximum Gasteiger partial charge on any atom is 0.149 e. The lowest BCUT2D eigenvalue weighted by molar-refractivity contribution is 0.472. The molecule has 0 fully saturated rings. The predicted molar refractivity (Wildman–Crippen MR) is 71.8 cm³/mol. The van der Waals surface area contributed by atoms with Crippen LogP contribution in [0.2, 0.25) is 0 Å². The average Bonchev–Trinajstić information content (AvgIpc) is 2.55. The number of aromatic nitrogens is 2. The number of hydrogen-bond acceptors (Lipinski definition) is 4. The molecule has 0 saturated carbocycles. The Hall–Kier alpha value is -0.400. The molecule has 0 saturated heterocycles. The van der Waals surface area contributed by atoms with Crippen LogP contribution in [-0.4, -0.2) is 37.3 Å². The minimum Gasteiger partial charge on any atom is -0.311 e. The molecule has 0 aromatic carbocycles. The molecule has 17 heavy (non-hydrogen) atoms. The molecule has 1 heterocycles. The highest BCUT2D eigenvalue weighted by molar-refractivity contribution is 9.10. The molecule has 7 heteroatoms. The van der Waals surface area contributed by atoms with E-state index in [0.717, 1.165) is 10.2 Å².